The molecule has 1 N–H and O–H groups in total. The van der Waals surface area contributed by atoms with Crippen LogP contribution in [0.4, 0.5) is 11.6 Å². The minimum atomic E-state index is 0.413. The zero-order valence-corrected chi connectivity index (χ0v) is 22.7. The van der Waals surface area contributed by atoms with Gasteiger partial charge in [0.1, 0.15) is 5.75 Å². The molecule has 0 saturated carbocycles. The molecule has 40 heavy (non-hydrogen) atoms. The number of nitrogens with one attached hydrogen (secondary N) is 1. The van der Waals surface area contributed by atoms with Crippen LogP contribution in [0.1, 0.15) is 40.8 Å². The molecule has 7 nitrogen and oxygen atoms in total. The Bertz CT molecular complexity index is 1580. The molecule has 3 heterocycles. The van der Waals surface area contributed by atoms with Crippen molar-refractivity contribution in [2.75, 3.05) is 18.4 Å². The Hall–Kier alpha value is -4.98. The van der Waals surface area contributed by atoms with E-state index in [9.17, 15) is 0 Å². The number of piperidine rings is 1. The van der Waals surface area contributed by atoms with Crippen molar-refractivity contribution in [2.24, 2.45) is 0 Å². The second-order valence-electron chi connectivity index (χ2n) is 9.74. The number of likely N-dealkylation sites (tertiary alicyclic amines) is 1. The molecule has 0 amide bonds. The average Bonchev–Trinajstić information content (AvgIpc) is 2.97. The Kier molecular flexibility index (Phi) is 8.46. The first-order chi connectivity index (χ1) is 19.6. The second kappa shape index (κ2) is 12.7. The van der Waals surface area contributed by atoms with Gasteiger partial charge in [-0.15, -0.1) is 0 Å². The lowest BCUT2D eigenvalue weighted by Crippen LogP contribution is -2.30. The minimum absolute atomic E-state index is 0.413. The molecule has 0 bridgehead atoms. The van der Waals surface area contributed by atoms with Crippen molar-refractivity contribution >= 4 is 11.6 Å². The van der Waals surface area contributed by atoms with Crippen LogP contribution in [0.2, 0.25) is 0 Å². The molecule has 1 aliphatic rings. The Balaban J connectivity index is 1.19. The number of hydrogen-bond donors (Lipinski definition) is 1. The normalized spacial score (nSPS) is 13.1. The van der Waals surface area contributed by atoms with Crippen molar-refractivity contribution < 1.29 is 4.74 Å². The van der Waals surface area contributed by atoms with Crippen molar-refractivity contribution in [1.29, 1.82) is 5.26 Å². The van der Waals surface area contributed by atoms with E-state index in [2.05, 4.69) is 55.2 Å². The molecule has 2 aromatic heterocycles. The maximum absolute atomic E-state index is 8.98. The first-order valence-electron chi connectivity index (χ1n) is 13.3. The number of nitrogens with zero attached hydrogens (tertiary/aromatic N) is 5. The number of allylic oxidation sites excluding steroid dienone is 1. The smallest absolute Gasteiger partial charge is 0.230 e. The summed E-state index contributed by atoms with van der Waals surface area (Å²) in [6.45, 7) is 6.99. The van der Waals surface area contributed by atoms with Crippen LogP contribution >= 0.6 is 0 Å². The van der Waals surface area contributed by atoms with E-state index >= 15 is 0 Å². The van der Waals surface area contributed by atoms with Gasteiger partial charge in [0.05, 0.1) is 17.3 Å². The number of pyridine rings is 1. The molecule has 7 heteroatoms. The van der Waals surface area contributed by atoms with Crippen molar-refractivity contribution in [3.05, 3.63) is 113 Å². The van der Waals surface area contributed by atoms with Crippen molar-refractivity contribution in [1.82, 2.24) is 19.9 Å². The molecule has 198 valence electrons. The summed E-state index contributed by atoms with van der Waals surface area (Å²) in [5.41, 5.74) is 6.83. The Morgan fingerprint density at radius 2 is 1.73 bits per heavy atom. The van der Waals surface area contributed by atoms with Gasteiger partial charge in [0.2, 0.25) is 11.8 Å². The highest BCUT2D eigenvalue weighted by Gasteiger charge is 2.14. The van der Waals surface area contributed by atoms with E-state index in [1.807, 2.05) is 56.4 Å². The number of rotatable bonds is 6. The van der Waals surface area contributed by atoms with E-state index in [4.69, 9.17) is 10.00 Å². The summed E-state index contributed by atoms with van der Waals surface area (Å²) < 4.78 is 6.16. The molecule has 2 aromatic carbocycles. The summed E-state index contributed by atoms with van der Waals surface area (Å²) in [5, 5.41) is 12.1. The van der Waals surface area contributed by atoms with Gasteiger partial charge in [-0.25, -0.2) is 4.98 Å². The van der Waals surface area contributed by atoms with Gasteiger partial charge in [-0.2, -0.15) is 10.2 Å². The van der Waals surface area contributed by atoms with Crippen LogP contribution < -0.4 is 10.1 Å². The van der Waals surface area contributed by atoms with Crippen LogP contribution in [0.5, 0.6) is 11.6 Å². The predicted molar refractivity (Wildman–Crippen MR) is 156 cm³/mol. The van der Waals surface area contributed by atoms with E-state index in [1.165, 1.54) is 5.57 Å². The lowest BCUT2D eigenvalue weighted by molar-refractivity contribution is 0.245. The number of nitriles is 1. The van der Waals surface area contributed by atoms with E-state index < -0.39 is 0 Å². The summed E-state index contributed by atoms with van der Waals surface area (Å²) in [6, 6.07) is 21.1. The first-order valence-corrected chi connectivity index (χ1v) is 13.3. The molecule has 4 aromatic rings. The lowest BCUT2D eigenvalue weighted by Gasteiger charge is -2.27. The second-order valence-corrected chi connectivity index (χ2v) is 9.74. The number of hydrogen-bond acceptors (Lipinski definition) is 7. The van der Waals surface area contributed by atoms with E-state index in [-0.39, 0.29) is 0 Å². The van der Waals surface area contributed by atoms with Gasteiger partial charge in [0, 0.05) is 49.3 Å². The van der Waals surface area contributed by atoms with Crippen LogP contribution in [0.25, 0.3) is 0 Å². The van der Waals surface area contributed by atoms with Gasteiger partial charge in [-0.1, -0.05) is 23.5 Å². The summed E-state index contributed by atoms with van der Waals surface area (Å²) in [6.07, 6.45) is 7.65. The van der Waals surface area contributed by atoms with Crippen LogP contribution in [0.15, 0.2) is 84.7 Å². The maximum atomic E-state index is 8.98. The monoisotopic (exact) mass is 526 g/mol. The quantitative estimate of drug-likeness (QED) is 0.288. The predicted octanol–water partition coefficient (Wildman–Crippen LogP) is 6.47. The molecule has 1 fully saturated rings. The fourth-order valence-corrected chi connectivity index (χ4v) is 4.59. The fourth-order valence-electron chi connectivity index (χ4n) is 4.59. The molecule has 0 atom stereocenters. The van der Waals surface area contributed by atoms with Crippen molar-refractivity contribution in [3.8, 4) is 29.5 Å². The number of ether oxygens (including phenoxy) is 1. The summed E-state index contributed by atoms with van der Waals surface area (Å²) >= 11 is 0. The summed E-state index contributed by atoms with van der Waals surface area (Å²) in [4.78, 5) is 15.6. The molecule has 0 unspecified atom stereocenters. The van der Waals surface area contributed by atoms with Gasteiger partial charge in [-0.05, 0) is 92.4 Å². The first kappa shape index (κ1) is 26.6. The van der Waals surface area contributed by atoms with E-state index in [0.29, 0.717) is 17.4 Å². The van der Waals surface area contributed by atoms with E-state index in [0.717, 1.165) is 66.3 Å². The highest BCUT2D eigenvalue weighted by molar-refractivity contribution is 5.55. The van der Waals surface area contributed by atoms with Gasteiger partial charge >= 0.3 is 0 Å². The Morgan fingerprint density at radius 1 is 0.950 bits per heavy atom. The Morgan fingerprint density at radius 3 is 2.42 bits per heavy atom. The topological polar surface area (TPSA) is 87.0 Å². The lowest BCUT2D eigenvalue weighted by atomic mass is 10.0. The van der Waals surface area contributed by atoms with Crippen LogP contribution in [0, 0.1) is 37.0 Å². The third-order valence-electron chi connectivity index (χ3n) is 6.67. The van der Waals surface area contributed by atoms with Crippen LogP contribution in [0.3, 0.4) is 0 Å². The zero-order valence-electron chi connectivity index (χ0n) is 22.7. The molecular weight excluding hydrogens is 496 g/mol. The molecule has 5 rings (SSSR count). The third-order valence-corrected chi connectivity index (χ3v) is 6.67. The number of benzene rings is 2. The van der Waals surface area contributed by atoms with Gasteiger partial charge in [0.25, 0.3) is 0 Å². The number of aromatic nitrogens is 3. The molecule has 0 aliphatic carbocycles. The van der Waals surface area contributed by atoms with Gasteiger partial charge in [0.15, 0.2) is 0 Å². The zero-order chi connectivity index (χ0) is 27.7. The highest BCUT2D eigenvalue weighted by Crippen LogP contribution is 2.29. The maximum Gasteiger partial charge on any atom is 0.230 e. The van der Waals surface area contributed by atoms with Crippen molar-refractivity contribution in [2.45, 2.75) is 33.2 Å². The van der Waals surface area contributed by atoms with Crippen LogP contribution in [-0.4, -0.2) is 32.9 Å². The molecule has 0 spiro atoms. The highest BCUT2D eigenvalue weighted by atomic mass is 16.5. The molecule has 1 saturated heterocycles. The average molecular weight is 527 g/mol. The molecule has 1 aliphatic heterocycles. The summed E-state index contributed by atoms with van der Waals surface area (Å²) in [5.74, 6) is 8.18. The minimum Gasteiger partial charge on any atom is -0.438 e. The SMILES string of the molecule is Cc1cc(C#CC=C2CCN(Cc3ccccn3)CC2)cc(C)c1Oc1ccnc(Nc2ccc(C#N)cc2)n1. The van der Waals surface area contributed by atoms with Crippen LogP contribution in [-0.2, 0) is 6.54 Å². The molecular formula is C33H30N6O. The molecule has 0 radical (unpaired) electrons. The van der Waals surface area contributed by atoms with Gasteiger partial charge in [-0.3, -0.25) is 9.88 Å². The standard InChI is InChI=1S/C33H30N6O/c1-24-20-28(7-5-6-26-14-18-39(19-15-26)23-30-8-3-4-16-35-30)21-25(2)32(24)40-31-13-17-36-33(38-31)37-29-11-9-27(22-34)10-12-29/h3-4,6,8-13,16-17,20-21H,14-15,18-19,23H2,1-2H3,(H,36,37,38). The number of aryl methyl sites for hydroxylation is 2. The Labute approximate surface area is 235 Å². The third kappa shape index (κ3) is 7.11. The van der Waals surface area contributed by atoms with Gasteiger partial charge < -0.3 is 10.1 Å². The fraction of sp³-hybridized carbons (Fsp3) is 0.212. The van der Waals surface area contributed by atoms with E-state index in [1.54, 1.807) is 24.4 Å². The van der Waals surface area contributed by atoms with Crippen molar-refractivity contribution in [3.63, 3.8) is 0 Å². The largest absolute Gasteiger partial charge is 0.438 e. The summed E-state index contributed by atoms with van der Waals surface area (Å²) in [7, 11) is 0. The number of anilines is 2.